The molecule has 0 aromatic heterocycles. The van der Waals surface area contributed by atoms with Crippen molar-refractivity contribution in [2.24, 2.45) is 5.92 Å². The fourth-order valence-corrected chi connectivity index (χ4v) is 5.07. The van der Waals surface area contributed by atoms with Gasteiger partial charge < -0.3 is 26.2 Å². The third-order valence-electron chi connectivity index (χ3n) is 7.00. The molecule has 3 heterocycles. The first-order valence-corrected chi connectivity index (χ1v) is 11.8. The van der Waals surface area contributed by atoms with Crippen LogP contribution >= 0.6 is 0 Å². The van der Waals surface area contributed by atoms with Gasteiger partial charge in [0.2, 0.25) is 17.7 Å². The lowest BCUT2D eigenvalue weighted by Crippen LogP contribution is -2.39. The second kappa shape index (κ2) is 9.97. The predicted molar refractivity (Wildman–Crippen MR) is 127 cm³/mol. The van der Waals surface area contributed by atoms with Crippen molar-refractivity contribution in [3.8, 4) is 0 Å². The zero-order valence-electron chi connectivity index (χ0n) is 19.8. The Kier molecular flexibility index (Phi) is 7.02. The number of hydrogen-bond acceptors (Lipinski definition) is 5. The zero-order chi connectivity index (χ0) is 24.4. The molecule has 0 bridgehead atoms. The van der Waals surface area contributed by atoms with E-state index < -0.39 is 11.7 Å². The summed E-state index contributed by atoms with van der Waals surface area (Å²) in [6.45, 7) is 5.23. The van der Waals surface area contributed by atoms with Gasteiger partial charge in [0.1, 0.15) is 5.82 Å². The molecule has 3 unspecified atom stereocenters. The number of rotatable bonds is 7. The van der Waals surface area contributed by atoms with Gasteiger partial charge in [0.15, 0.2) is 0 Å². The molecular formula is C25H32FN5O3. The van der Waals surface area contributed by atoms with Gasteiger partial charge in [-0.2, -0.15) is 0 Å². The highest BCUT2D eigenvalue weighted by atomic mass is 19.1. The maximum Gasteiger partial charge on any atom is 0.250 e. The number of carbonyl (C=O) groups is 3. The van der Waals surface area contributed by atoms with Gasteiger partial charge in [0.25, 0.3) is 0 Å². The smallest absolute Gasteiger partial charge is 0.250 e. The molecule has 182 valence electrons. The number of hydrogen-bond donors (Lipinski definition) is 4. The summed E-state index contributed by atoms with van der Waals surface area (Å²) in [7, 11) is 2.10. The molecule has 3 aliphatic rings. The Morgan fingerprint density at radius 1 is 1.26 bits per heavy atom. The fourth-order valence-electron chi connectivity index (χ4n) is 5.07. The molecule has 3 aliphatic heterocycles. The number of carbonyl (C=O) groups excluding carboxylic acids is 3. The van der Waals surface area contributed by atoms with Crippen LogP contribution in [0.4, 0.5) is 10.1 Å². The van der Waals surface area contributed by atoms with Crippen molar-refractivity contribution in [1.29, 1.82) is 0 Å². The minimum atomic E-state index is -0.643. The van der Waals surface area contributed by atoms with Crippen LogP contribution in [0.1, 0.15) is 44.6 Å². The number of amides is 3. The number of anilines is 1. The lowest BCUT2D eigenvalue weighted by molar-refractivity contribution is -0.124. The molecule has 0 aliphatic carbocycles. The van der Waals surface area contributed by atoms with Crippen LogP contribution in [-0.4, -0.2) is 55.3 Å². The number of halogens is 1. The molecule has 1 fully saturated rings. The largest absolute Gasteiger partial charge is 0.362 e. The standard InChI is InChI=1S/C25H32FN5O3/c1-14-21(12-19-18-11-16(26)6-7-20(18)30-24(19)33)29-15(2)23(14)25(34)28-13-22(32)27-9-8-17-5-4-10-31(17)3/h6-7,11-12,14,17,19,29H,4-5,8-10,13H2,1-3H3,(H,27,32)(H,28,34)(H,30,33). The summed E-state index contributed by atoms with van der Waals surface area (Å²) in [5.41, 5.74) is 3.04. The second-order valence-electron chi connectivity index (χ2n) is 9.30. The van der Waals surface area contributed by atoms with Gasteiger partial charge in [0, 0.05) is 41.2 Å². The van der Waals surface area contributed by atoms with Crippen LogP contribution < -0.4 is 21.3 Å². The Hall–Kier alpha value is -3.20. The number of nitrogens with zero attached hydrogens (tertiary/aromatic N) is 1. The summed E-state index contributed by atoms with van der Waals surface area (Å²) >= 11 is 0. The molecule has 3 atom stereocenters. The van der Waals surface area contributed by atoms with Crippen molar-refractivity contribution in [3.05, 3.63) is 52.6 Å². The van der Waals surface area contributed by atoms with Gasteiger partial charge in [0.05, 0.1) is 12.5 Å². The number of benzene rings is 1. The Labute approximate surface area is 199 Å². The van der Waals surface area contributed by atoms with E-state index >= 15 is 0 Å². The summed E-state index contributed by atoms with van der Waals surface area (Å²) in [5.74, 6) is -2.13. The normalized spacial score (nSPS) is 25.4. The third-order valence-corrected chi connectivity index (χ3v) is 7.00. The Morgan fingerprint density at radius 3 is 2.79 bits per heavy atom. The number of likely N-dealkylation sites (tertiary alicyclic amines) is 1. The van der Waals surface area contributed by atoms with Crippen molar-refractivity contribution >= 4 is 23.4 Å². The summed E-state index contributed by atoms with van der Waals surface area (Å²) in [5, 5.41) is 11.5. The van der Waals surface area contributed by atoms with Gasteiger partial charge in [-0.25, -0.2) is 4.39 Å². The van der Waals surface area contributed by atoms with E-state index in [4.69, 9.17) is 0 Å². The molecule has 34 heavy (non-hydrogen) atoms. The molecular weight excluding hydrogens is 437 g/mol. The zero-order valence-corrected chi connectivity index (χ0v) is 19.8. The Balaban J connectivity index is 1.32. The highest BCUT2D eigenvalue weighted by Gasteiger charge is 2.34. The molecule has 1 saturated heterocycles. The van der Waals surface area contributed by atoms with Gasteiger partial charge in [-0.05, 0) is 69.6 Å². The lowest BCUT2D eigenvalue weighted by Gasteiger charge is -2.19. The highest BCUT2D eigenvalue weighted by Crippen LogP contribution is 2.37. The first kappa shape index (κ1) is 23.9. The molecule has 0 spiro atoms. The van der Waals surface area contributed by atoms with Crippen LogP contribution in [-0.2, 0) is 14.4 Å². The van der Waals surface area contributed by atoms with E-state index in [9.17, 15) is 18.8 Å². The van der Waals surface area contributed by atoms with E-state index in [0.717, 1.165) is 19.4 Å². The molecule has 9 heteroatoms. The van der Waals surface area contributed by atoms with Crippen molar-refractivity contribution < 1.29 is 18.8 Å². The molecule has 8 nitrogen and oxygen atoms in total. The molecule has 1 aromatic carbocycles. The average molecular weight is 470 g/mol. The van der Waals surface area contributed by atoms with E-state index in [-0.39, 0.29) is 30.2 Å². The van der Waals surface area contributed by atoms with Gasteiger partial charge in [-0.1, -0.05) is 6.92 Å². The Bertz CT molecular complexity index is 1070. The van der Waals surface area contributed by atoms with E-state index in [1.54, 1.807) is 19.1 Å². The molecule has 1 aromatic rings. The molecule has 3 amide bonds. The van der Waals surface area contributed by atoms with Crippen LogP contribution in [0, 0.1) is 11.7 Å². The molecule has 4 rings (SSSR count). The number of fused-ring (bicyclic) bond motifs is 1. The summed E-state index contributed by atoms with van der Waals surface area (Å²) < 4.78 is 13.7. The SMILES string of the molecule is CC1=C(C(=O)NCC(=O)NCCC2CCCN2C)C(C)C(=CC2C(=O)Nc3ccc(F)cc32)N1. The van der Waals surface area contributed by atoms with Crippen molar-refractivity contribution in [3.63, 3.8) is 0 Å². The monoisotopic (exact) mass is 469 g/mol. The topological polar surface area (TPSA) is 103 Å². The van der Waals surface area contributed by atoms with E-state index in [1.165, 1.54) is 18.6 Å². The van der Waals surface area contributed by atoms with Crippen molar-refractivity contribution in [2.45, 2.75) is 45.1 Å². The molecule has 4 N–H and O–H groups in total. The summed E-state index contributed by atoms with van der Waals surface area (Å²) in [6.07, 6.45) is 4.98. The quantitative estimate of drug-likeness (QED) is 0.489. The Morgan fingerprint density at radius 2 is 2.06 bits per heavy atom. The first-order valence-electron chi connectivity index (χ1n) is 11.8. The van der Waals surface area contributed by atoms with Crippen LogP contribution in [0.2, 0.25) is 0 Å². The summed E-state index contributed by atoms with van der Waals surface area (Å²) in [6, 6.07) is 4.71. The van der Waals surface area contributed by atoms with Gasteiger partial charge in [-0.3, -0.25) is 14.4 Å². The van der Waals surface area contributed by atoms with Crippen molar-refractivity contribution in [1.82, 2.24) is 20.9 Å². The highest BCUT2D eigenvalue weighted by molar-refractivity contribution is 6.04. The minimum Gasteiger partial charge on any atom is -0.362 e. The fraction of sp³-hybridized carbons (Fsp3) is 0.480. The van der Waals surface area contributed by atoms with Crippen LogP contribution in [0.15, 0.2) is 41.2 Å². The van der Waals surface area contributed by atoms with Crippen LogP contribution in [0.25, 0.3) is 0 Å². The number of allylic oxidation sites excluding steroid dienone is 2. The van der Waals surface area contributed by atoms with Gasteiger partial charge >= 0.3 is 0 Å². The third kappa shape index (κ3) is 4.99. The minimum absolute atomic E-state index is 0.0976. The molecule has 0 radical (unpaired) electrons. The number of nitrogens with one attached hydrogen (secondary N) is 4. The maximum atomic E-state index is 13.7. The van der Waals surface area contributed by atoms with E-state index in [2.05, 4.69) is 33.2 Å². The van der Waals surface area contributed by atoms with Gasteiger partial charge in [-0.15, -0.1) is 0 Å². The summed E-state index contributed by atoms with van der Waals surface area (Å²) in [4.78, 5) is 39.8. The average Bonchev–Trinajstić information content (AvgIpc) is 3.42. The lowest BCUT2D eigenvalue weighted by atomic mass is 9.94. The first-order chi connectivity index (χ1) is 16.2. The maximum absolute atomic E-state index is 13.7. The van der Waals surface area contributed by atoms with Crippen LogP contribution in [0.3, 0.4) is 0 Å². The van der Waals surface area contributed by atoms with Crippen LogP contribution in [0.5, 0.6) is 0 Å². The van der Waals surface area contributed by atoms with E-state index in [0.29, 0.717) is 40.8 Å². The second-order valence-corrected chi connectivity index (χ2v) is 9.30. The van der Waals surface area contributed by atoms with E-state index in [1.807, 2.05) is 6.92 Å². The predicted octanol–water partition coefficient (Wildman–Crippen LogP) is 1.98. The van der Waals surface area contributed by atoms with Crippen molar-refractivity contribution in [2.75, 3.05) is 32.0 Å². The molecule has 0 saturated carbocycles.